The van der Waals surface area contributed by atoms with Crippen LogP contribution in [0.15, 0.2) is 36.4 Å². The lowest BCUT2D eigenvalue weighted by Crippen LogP contribution is -1.82. The summed E-state index contributed by atoms with van der Waals surface area (Å²) in [6.45, 7) is 0.198. The molecule has 14 heavy (non-hydrogen) atoms. The van der Waals surface area contributed by atoms with E-state index in [4.69, 9.17) is 10.4 Å². The van der Waals surface area contributed by atoms with Crippen molar-refractivity contribution in [2.75, 3.05) is 6.61 Å². The van der Waals surface area contributed by atoms with Crippen molar-refractivity contribution in [1.82, 2.24) is 0 Å². The van der Waals surface area contributed by atoms with Gasteiger partial charge in [-0.15, -0.1) is 0 Å². The largest absolute Gasteiger partial charge is 0.396 e. The van der Waals surface area contributed by atoms with E-state index >= 15 is 0 Å². The summed E-state index contributed by atoms with van der Waals surface area (Å²) in [6.07, 6.45) is 5.54. The SMILES string of the molecule is N#Cc1ccc(C/C=C/CCO)cc1. The summed E-state index contributed by atoms with van der Waals surface area (Å²) in [6, 6.07) is 9.60. The number of rotatable bonds is 4. The van der Waals surface area contributed by atoms with Crippen LogP contribution in [0.3, 0.4) is 0 Å². The lowest BCUT2D eigenvalue weighted by Gasteiger charge is -1.95. The Balaban J connectivity index is 2.48. The second kappa shape index (κ2) is 5.95. The molecule has 0 aliphatic carbocycles. The number of hydrogen-bond acceptors (Lipinski definition) is 2. The molecule has 0 saturated heterocycles. The molecule has 0 aliphatic heterocycles. The van der Waals surface area contributed by atoms with E-state index in [1.54, 1.807) is 0 Å². The Morgan fingerprint density at radius 3 is 2.50 bits per heavy atom. The summed E-state index contributed by atoms with van der Waals surface area (Å²) < 4.78 is 0. The minimum Gasteiger partial charge on any atom is -0.396 e. The fraction of sp³-hybridized carbons (Fsp3) is 0.250. The fourth-order valence-corrected chi connectivity index (χ4v) is 1.13. The molecule has 2 heteroatoms. The smallest absolute Gasteiger partial charge is 0.0991 e. The Labute approximate surface area is 84.1 Å². The highest BCUT2D eigenvalue weighted by Gasteiger charge is 1.90. The maximum Gasteiger partial charge on any atom is 0.0991 e. The molecule has 0 atom stereocenters. The summed E-state index contributed by atoms with van der Waals surface area (Å²) in [5.41, 5.74) is 1.87. The van der Waals surface area contributed by atoms with Gasteiger partial charge >= 0.3 is 0 Å². The Morgan fingerprint density at radius 1 is 1.21 bits per heavy atom. The van der Waals surface area contributed by atoms with Crippen molar-refractivity contribution in [3.63, 3.8) is 0 Å². The van der Waals surface area contributed by atoms with E-state index < -0.39 is 0 Å². The Morgan fingerprint density at radius 2 is 1.93 bits per heavy atom. The van der Waals surface area contributed by atoms with Crippen LogP contribution in [0.1, 0.15) is 17.5 Å². The number of benzene rings is 1. The number of aliphatic hydroxyl groups excluding tert-OH is 1. The first kappa shape index (κ1) is 10.5. The van der Waals surface area contributed by atoms with Crippen LogP contribution in [-0.4, -0.2) is 11.7 Å². The van der Waals surface area contributed by atoms with Crippen molar-refractivity contribution < 1.29 is 5.11 Å². The highest BCUT2D eigenvalue weighted by molar-refractivity contribution is 5.32. The van der Waals surface area contributed by atoms with Crippen LogP contribution in [0.4, 0.5) is 0 Å². The molecule has 0 fully saturated rings. The van der Waals surface area contributed by atoms with Crippen LogP contribution >= 0.6 is 0 Å². The summed E-state index contributed by atoms with van der Waals surface area (Å²) in [4.78, 5) is 0. The molecule has 1 aromatic rings. The summed E-state index contributed by atoms with van der Waals surface area (Å²) in [5.74, 6) is 0. The van der Waals surface area contributed by atoms with Crippen molar-refractivity contribution in [3.05, 3.63) is 47.5 Å². The second-order valence-corrected chi connectivity index (χ2v) is 3.00. The van der Waals surface area contributed by atoms with E-state index in [-0.39, 0.29) is 6.61 Å². The lowest BCUT2D eigenvalue weighted by atomic mass is 10.1. The third kappa shape index (κ3) is 3.42. The lowest BCUT2D eigenvalue weighted by molar-refractivity contribution is 0.302. The molecular formula is C12H13NO. The molecule has 0 aromatic heterocycles. The maximum absolute atomic E-state index is 8.58. The van der Waals surface area contributed by atoms with Gasteiger partial charge in [0.15, 0.2) is 0 Å². The minimum atomic E-state index is 0.198. The van der Waals surface area contributed by atoms with E-state index in [2.05, 4.69) is 6.07 Å². The quantitative estimate of drug-likeness (QED) is 0.733. The molecule has 0 unspecified atom stereocenters. The monoisotopic (exact) mass is 187 g/mol. The van der Waals surface area contributed by atoms with Crippen molar-refractivity contribution in [2.45, 2.75) is 12.8 Å². The molecule has 0 radical (unpaired) electrons. The number of aliphatic hydroxyl groups is 1. The summed E-state index contributed by atoms with van der Waals surface area (Å²) in [5, 5.41) is 17.1. The average molecular weight is 187 g/mol. The molecule has 0 heterocycles. The first-order valence-corrected chi connectivity index (χ1v) is 4.61. The van der Waals surface area contributed by atoms with Gasteiger partial charge in [0.1, 0.15) is 0 Å². The van der Waals surface area contributed by atoms with Crippen LogP contribution in [0.2, 0.25) is 0 Å². The summed E-state index contributed by atoms with van der Waals surface area (Å²) in [7, 11) is 0. The van der Waals surface area contributed by atoms with E-state index in [1.807, 2.05) is 36.4 Å². The first-order chi connectivity index (χ1) is 6.86. The number of allylic oxidation sites excluding steroid dienone is 1. The van der Waals surface area contributed by atoms with Crippen LogP contribution in [0.25, 0.3) is 0 Å². The number of nitriles is 1. The van der Waals surface area contributed by atoms with Gasteiger partial charge in [0.25, 0.3) is 0 Å². The van der Waals surface area contributed by atoms with E-state index in [1.165, 1.54) is 5.56 Å². The van der Waals surface area contributed by atoms with Gasteiger partial charge in [-0.1, -0.05) is 24.3 Å². The van der Waals surface area contributed by atoms with E-state index in [0.717, 1.165) is 6.42 Å². The third-order valence-corrected chi connectivity index (χ3v) is 1.90. The van der Waals surface area contributed by atoms with Crippen LogP contribution in [0, 0.1) is 11.3 Å². The fourth-order valence-electron chi connectivity index (χ4n) is 1.13. The molecule has 0 bridgehead atoms. The zero-order valence-electron chi connectivity index (χ0n) is 7.98. The van der Waals surface area contributed by atoms with Gasteiger partial charge in [-0.25, -0.2) is 0 Å². The zero-order valence-corrected chi connectivity index (χ0v) is 7.98. The minimum absolute atomic E-state index is 0.198. The van der Waals surface area contributed by atoms with Gasteiger partial charge < -0.3 is 5.11 Å². The first-order valence-electron chi connectivity index (χ1n) is 4.61. The Hall–Kier alpha value is -1.59. The van der Waals surface area contributed by atoms with Gasteiger partial charge in [0.05, 0.1) is 11.6 Å². The van der Waals surface area contributed by atoms with Gasteiger partial charge in [-0.2, -0.15) is 5.26 Å². The molecule has 1 N–H and O–H groups in total. The van der Waals surface area contributed by atoms with Crippen LogP contribution < -0.4 is 0 Å². The molecule has 1 rings (SSSR count). The van der Waals surface area contributed by atoms with Gasteiger partial charge in [-0.05, 0) is 30.5 Å². The Kier molecular flexibility index (Phi) is 4.46. The van der Waals surface area contributed by atoms with E-state index in [9.17, 15) is 0 Å². The molecule has 72 valence electrons. The maximum atomic E-state index is 8.58. The number of hydrogen-bond donors (Lipinski definition) is 1. The standard InChI is InChI=1S/C12H13NO/c13-10-12-7-5-11(6-8-12)4-2-1-3-9-14/h1-2,5-8,14H,3-4,9H2/b2-1+. The van der Waals surface area contributed by atoms with Crippen molar-refractivity contribution in [2.24, 2.45) is 0 Å². The van der Waals surface area contributed by atoms with Crippen LogP contribution in [0.5, 0.6) is 0 Å². The molecule has 2 nitrogen and oxygen atoms in total. The van der Waals surface area contributed by atoms with Crippen molar-refractivity contribution in [1.29, 1.82) is 5.26 Å². The highest BCUT2D eigenvalue weighted by atomic mass is 16.2. The third-order valence-electron chi connectivity index (χ3n) is 1.90. The van der Waals surface area contributed by atoms with E-state index in [0.29, 0.717) is 12.0 Å². The molecule has 0 amide bonds. The second-order valence-electron chi connectivity index (χ2n) is 3.00. The summed E-state index contributed by atoms with van der Waals surface area (Å²) >= 11 is 0. The predicted octanol–water partition coefficient (Wildman–Crippen LogP) is 2.04. The molecule has 1 aromatic carbocycles. The molecule has 0 saturated carbocycles. The number of nitrogens with zero attached hydrogens (tertiary/aromatic N) is 1. The van der Waals surface area contributed by atoms with Gasteiger partial charge in [0.2, 0.25) is 0 Å². The molecule has 0 aliphatic rings. The van der Waals surface area contributed by atoms with Gasteiger partial charge in [-0.3, -0.25) is 0 Å². The predicted molar refractivity (Wildman–Crippen MR) is 55.7 cm³/mol. The van der Waals surface area contributed by atoms with Crippen molar-refractivity contribution >= 4 is 0 Å². The molecular weight excluding hydrogens is 174 g/mol. The zero-order chi connectivity index (χ0) is 10.2. The van der Waals surface area contributed by atoms with Gasteiger partial charge in [0, 0.05) is 6.61 Å². The topological polar surface area (TPSA) is 44.0 Å². The normalized spacial score (nSPS) is 10.3. The highest BCUT2D eigenvalue weighted by Crippen LogP contribution is 2.04. The van der Waals surface area contributed by atoms with Crippen molar-refractivity contribution in [3.8, 4) is 6.07 Å². The average Bonchev–Trinajstić information content (AvgIpc) is 2.25. The Bertz CT molecular complexity index is 332. The van der Waals surface area contributed by atoms with Crippen LogP contribution in [-0.2, 0) is 6.42 Å². The molecule has 0 spiro atoms.